The largest absolute Gasteiger partial charge is 0.478 e. The lowest BCUT2D eigenvalue weighted by molar-refractivity contribution is -0.139. The van der Waals surface area contributed by atoms with Crippen molar-refractivity contribution in [2.45, 2.75) is 0 Å². The van der Waals surface area contributed by atoms with Gasteiger partial charge in [-0.05, 0) is 30.0 Å². The highest BCUT2D eigenvalue weighted by Crippen LogP contribution is 2.33. The van der Waals surface area contributed by atoms with E-state index in [1.54, 1.807) is 35.2 Å². The lowest BCUT2D eigenvalue weighted by atomic mass is 10.1. The summed E-state index contributed by atoms with van der Waals surface area (Å²) in [7, 11) is 0. The quantitative estimate of drug-likeness (QED) is 0.702. The van der Waals surface area contributed by atoms with Crippen LogP contribution in [0.25, 0.3) is 17.4 Å². The van der Waals surface area contributed by atoms with E-state index in [4.69, 9.17) is 9.15 Å². The molecule has 4 rings (SSSR count). The molecule has 1 aromatic carbocycles. The third-order valence-electron chi connectivity index (χ3n) is 4.85. The molecular weight excluding hydrogens is 424 g/mol. The molecule has 0 atom stereocenters. The van der Waals surface area contributed by atoms with Gasteiger partial charge < -0.3 is 19.2 Å². The zero-order chi connectivity index (χ0) is 22.0. The van der Waals surface area contributed by atoms with Crippen LogP contribution in [0.15, 0.2) is 45.7 Å². The molecule has 160 valence electrons. The normalized spacial score (nSPS) is 18.1. The van der Waals surface area contributed by atoms with Gasteiger partial charge in [-0.1, -0.05) is 18.2 Å². The van der Waals surface area contributed by atoms with Gasteiger partial charge in [0.15, 0.2) is 0 Å². The van der Waals surface area contributed by atoms with E-state index in [1.165, 1.54) is 12.1 Å². The molecule has 0 saturated carbocycles. The topological polar surface area (TPSA) is 117 Å². The SMILES string of the molecule is O=C(O)c1ccccc1-c1ccc(/C=C2\SC(=O)N(CC(=O)N3CCOCC3)C2=O)o1. The van der Waals surface area contributed by atoms with Gasteiger partial charge in [-0.15, -0.1) is 0 Å². The number of carbonyl (C=O) groups excluding carboxylic acids is 3. The van der Waals surface area contributed by atoms with Crippen molar-refractivity contribution in [3.05, 3.63) is 52.6 Å². The number of morpholine rings is 1. The van der Waals surface area contributed by atoms with Crippen molar-refractivity contribution in [2.75, 3.05) is 32.8 Å². The number of thioether (sulfide) groups is 1. The van der Waals surface area contributed by atoms with Crippen molar-refractivity contribution in [2.24, 2.45) is 0 Å². The van der Waals surface area contributed by atoms with E-state index in [1.807, 2.05) is 0 Å². The van der Waals surface area contributed by atoms with Crippen LogP contribution in [-0.2, 0) is 14.3 Å². The minimum atomic E-state index is -1.08. The lowest BCUT2D eigenvalue weighted by Gasteiger charge is -2.27. The predicted molar refractivity (Wildman–Crippen MR) is 111 cm³/mol. The summed E-state index contributed by atoms with van der Waals surface area (Å²) in [6, 6.07) is 9.58. The van der Waals surface area contributed by atoms with E-state index < -0.39 is 17.1 Å². The minimum Gasteiger partial charge on any atom is -0.478 e. The van der Waals surface area contributed by atoms with E-state index in [9.17, 15) is 24.3 Å². The van der Waals surface area contributed by atoms with E-state index >= 15 is 0 Å². The highest BCUT2D eigenvalue weighted by atomic mass is 32.2. The molecule has 9 nitrogen and oxygen atoms in total. The smallest absolute Gasteiger partial charge is 0.336 e. The zero-order valence-electron chi connectivity index (χ0n) is 16.3. The second kappa shape index (κ2) is 8.78. The highest BCUT2D eigenvalue weighted by Gasteiger charge is 2.37. The van der Waals surface area contributed by atoms with Gasteiger partial charge in [-0.2, -0.15) is 0 Å². The predicted octanol–water partition coefficient (Wildman–Crippen LogP) is 2.54. The zero-order valence-corrected chi connectivity index (χ0v) is 17.1. The number of hydrogen-bond acceptors (Lipinski definition) is 7. The summed E-state index contributed by atoms with van der Waals surface area (Å²) in [6.45, 7) is 1.39. The van der Waals surface area contributed by atoms with Crippen molar-refractivity contribution >= 4 is 40.9 Å². The molecule has 2 saturated heterocycles. The summed E-state index contributed by atoms with van der Waals surface area (Å²) in [5, 5.41) is 8.81. The Bertz CT molecular complexity index is 1080. The second-order valence-electron chi connectivity index (χ2n) is 6.81. The first kappa shape index (κ1) is 20.9. The second-order valence-corrected chi connectivity index (χ2v) is 7.81. The van der Waals surface area contributed by atoms with Crippen LogP contribution in [0.4, 0.5) is 4.79 Å². The first-order chi connectivity index (χ1) is 14.9. The Morgan fingerprint density at radius 3 is 2.58 bits per heavy atom. The molecule has 31 heavy (non-hydrogen) atoms. The first-order valence-electron chi connectivity index (χ1n) is 9.47. The summed E-state index contributed by atoms with van der Waals surface area (Å²) in [5.41, 5.74) is 0.490. The summed E-state index contributed by atoms with van der Waals surface area (Å²) >= 11 is 0.727. The molecule has 0 spiro atoms. The van der Waals surface area contributed by atoms with Crippen LogP contribution in [0.2, 0.25) is 0 Å². The molecule has 3 heterocycles. The van der Waals surface area contributed by atoms with Gasteiger partial charge in [-0.25, -0.2) is 4.79 Å². The molecule has 10 heteroatoms. The molecule has 2 aromatic rings. The number of carboxylic acid groups (broad SMARTS) is 1. The van der Waals surface area contributed by atoms with Crippen LogP contribution in [-0.4, -0.2) is 70.8 Å². The molecular formula is C21H18N2O7S. The van der Waals surface area contributed by atoms with Gasteiger partial charge in [0.1, 0.15) is 18.1 Å². The Kier molecular flexibility index (Phi) is 5.92. The van der Waals surface area contributed by atoms with Crippen molar-refractivity contribution in [1.29, 1.82) is 0 Å². The fourth-order valence-corrected chi connectivity index (χ4v) is 4.09. The maximum Gasteiger partial charge on any atom is 0.336 e. The molecule has 2 aliphatic rings. The van der Waals surface area contributed by atoms with E-state index in [-0.39, 0.29) is 22.9 Å². The van der Waals surface area contributed by atoms with Gasteiger partial charge in [0.05, 0.1) is 23.7 Å². The van der Waals surface area contributed by atoms with Crippen LogP contribution < -0.4 is 0 Å². The third-order valence-corrected chi connectivity index (χ3v) is 5.76. The van der Waals surface area contributed by atoms with Gasteiger partial charge in [-0.3, -0.25) is 19.3 Å². The summed E-state index contributed by atoms with van der Waals surface area (Å²) in [5.74, 6) is -1.34. The number of imide groups is 1. The van der Waals surface area contributed by atoms with Crippen LogP contribution in [0.3, 0.4) is 0 Å². The number of benzene rings is 1. The molecule has 3 amide bonds. The van der Waals surface area contributed by atoms with Crippen LogP contribution in [0, 0.1) is 0 Å². The van der Waals surface area contributed by atoms with Gasteiger partial charge in [0.2, 0.25) is 5.91 Å². The number of aromatic carboxylic acids is 1. The lowest BCUT2D eigenvalue weighted by Crippen LogP contribution is -2.46. The Balaban J connectivity index is 1.50. The molecule has 1 N–H and O–H groups in total. The number of hydrogen-bond donors (Lipinski definition) is 1. The Labute approximate surface area is 181 Å². The maximum absolute atomic E-state index is 12.7. The van der Waals surface area contributed by atoms with Crippen molar-refractivity contribution in [3.8, 4) is 11.3 Å². The molecule has 0 aliphatic carbocycles. The molecule has 2 aliphatic heterocycles. The Morgan fingerprint density at radius 1 is 1.10 bits per heavy atom. The first-order valence-corrected chi connectivity index (χ1v) is 10.3. The number of ether oxygens (including phenoxy) is 1. The summed E-state index contributed by atoms with van der Waals surface area (Å²) in [6.07, 6.45) is 1.41. The maximum atomic E-state index is 12.7. The van der Waals surface area contributed by atoms with Gasteiger partial charge in [0, 0.05) is 24.7 Å². The fourth-order valence-electron chi connectivity index (χ4n) is 3.27. The van der Waals surface area contributed by atoms with Crippen LogP contribution in [0.5, 0.6) is 0 Å². The summed E-state index contributed by atoms with van der Waals surface area (Å²) in [4.78, 5) is 51.4. The number of carboxylic acids is 1. The molecule has 2 fully saturated rings. The molecule has 0 unspecified atom stereocenters. The van der Waals surface area contributed by atoms with Crippen LogP contribution in [0.1, 0.15) is 16.1 Å². The number of amides is 3. The Morgan fingerprint density at radius 2 is 1.84 bits per heavy atom. The number of furan rings is 1. The minimum absolute atomic E-state index is 0.0883. The van der Waals surface area contributed by atoms with Crippen molar-refractivity contribution < 1.29 is 33.4 Å². The number of carbonyl (C=O) groups is 4. The monoisotopic (exact) mass is 442 g/mol. The average Bonchev–Trinajstić information content (AvgIpc) is 3.34. The number of nitrogens with zero attached hydrogens (tertiary/aromatic N) is 2. The van der Waals surface area contributed by atoms with Crippen molar-refractivity contribution in [1.82, 2.24) is 9.80 Å². The molecule has 0 bridgehead atoms. The standard InChI is InChI=1S/C21H18N2O7S/c24-18(22-7-9-29-10-8-22)12-23-19(25)17(31-21(23)28)11-13-5-6-16(30-13)14-3-1-2-4-15(14)20(26)27/h1-6,11H,7-10,12H2,(H,26,27)/b17-11-. The van der Waals surface area contributed by atoms with E-state index in [2.05, 4.69) is 0 Å². The van der Waals surface area contributed by atoms with E-state index in [0.717, 1.165) is 16.7 Å². The van der Waals surface area contributed by atoms with Crippen molar-refractivity contribution in [3.63, 3.8) is 0 Å². The molecule has 1 aromatic heterocycles. The fraction of sp³-hybridized carbons (Fsp3) is 0.238. The molecule has 0 radical (unpaired) electrons. The summed E-state index contributed by atoms with van der Waals surface area (Å²) < 4.78 is 10.9. The van der Waals surface area contributed by atoms with E-state index in [0.29, 0.717) is 43.4 Å². The van der Waals surface area contributed by atoms with Crippen LogP contribution >= 0.6 is 11.8 Å². The highest BCUT2D eigenvalue weighted by molar-refractivity contribution is 8.18. The third kappa shape index (κ3) is 4.39. The number of rotatable bonds is 5. The average molecular weight is 442 g/mol. The van der Waals surface area contributed by atoms with Gasteiger partial charge in [0.25, 0.3) is 11.1 Å². The van der Waals surface area contributed by atoms with Gasteiger partial charge >= 0.3 is 5.97 Å². The Hall–Kier alpha value is -3.37.